The monoisotopic (exact) mass is 243 g/mol. The van der Waals surface area contributed by atoms with Gasteiger partial charge in [0.1, 0.15) is 18.2 Å². The van der Waals surface area contributed by atoms with Gasteiger partial charge in [-0.1, -0.05) is 6.07 Å². The van der Waals surface area contributed by atoms with Crippen LogP contribution in [0, 0.1) is 11.6 Å². The molecule has 1 rings (SSSR count). The molecule has 1 aromatic carbocycles. The summed E-state index contributed by atoms with van der Waals surface area (Å²) in [6.45, 7) is 1.61. The van der Waals surface area contributed by atoms with Crippen LogP contribution in [0.1, 0.15) is 12.5 Å². The molecule has 0 bridgehead atoms. The molecule has 0 saturated heterocycles. The Morgan fingerprint density at radius 1 is 1.41 bits per heavy atom. The number of amides is 1. The van der Waals surface area contributed by atoms with E-state index in [9.17, 15) is 13.6 Å². The highest BCUT2D eigenvalue weighted by atomic mass is 19.1. The van der Waals surface area contributed by atoms with Crippen molar-refractivity contribution >= 4 is 5.91 Å². The van der Waals surface area contributed by atoms with Gasteiger partial charge in [0.25, 0.3) is 0 Å². The van der Waals surface area contributed by atoms with Gasteiger partial charge in [-0.25, -0.2) is 8.78 Å². The van der Waals surface area contributed by atoms with E-state index < -0.39 is 11.6 Å². The zero-order valence-corrected chi connectivity index (χ0v) is 9.80. The van der Waals surface area contributed by atoms with Crippen molar-refractivity contribution in [2.24, 2.45) is 0 Å². The van der Waals surface area contributed by atoms with E-state index >= 15 is 0 Å². The first-order valence-corrected chi connectivity index (χ1v) is 5.25. The summed E-state index contributed by atoms with van der Waals surface area (Å²) in [5.74, 6) is -1.51. The first kappa shape index (κ1) is 13.6. The van der Waals surface area contributed by atoms with Gasteiger partial charge in [-0.2, -0.15) is 0 Å². The van der Waals surface area contributed by atoms with Gasteiger partial charge in [0.05, 0.1) is 0 Å². The fourth-order valence-corrected chi connectivity index (χ4v) is 1.53. The Labute approximate surface area is 98.8 Å². The van der Waals surface area contributed by atoms with Gasteiger partial charge in [-0.3, -0.25) is 4.79 Å². The van der Waals surface area contributed by atoms with Crippen molar-refractivity contribution < 1.29 is 18.3 Å². The van der Waals surface area contributed by atoms with E-state index in [0.717, 1.165) is 0 Å². The molecule has 0 radical (unpaired) electrons. The van der Waals surface area contributed by atoms with Crippen molar-refractivity contribution in [2.75, 3.05) is 13.7 Å². The second kappa shape index (κ2) is 6.30. The quantitative estimate of drug-likeness (QED) is 0.854. The van der Waals surface area contributed by atoms with Crippen molar-refractivity contribution in [2.45, 2.75) is 19.4 Å². The van der Waals surface area contributed by atoms with Crippen molar-refractivity contribution in [3.8, 4) is 0 Å². The molecule has 0 saturated carbocycles. The van der Waals surface area contributed by atoms with Crippen molar-refractivity contribution in [3.05, 3.63) is 35.4 Å². The highest BCUT2D eigenvalue weighted by Crippen LogP contribution is 2.13. The highest BCUT2D eigenvalue weighted by molar-refractivity contribution is 5.77. The lowest BCUT2D eigenvalue weighted by Gasteiger charge is -2.14. The molecular formula is C12H15F2NO2. The van der Waals surface area contributed by atoms with Crippen LogP contribution in [0.3, 0.4) is 0 Å². The zero-order chi connectivity index (χ0) is 12.8. The molecule has 3 nitrogen and oxygen atoms in total. The molecule has 1 atom stereocenters. The molecule has 1 unspecified atom stereocenters. The number of carbonyl (C=O) groups is 1. The summed E-state index contributed by atoms with van der Waals surface area (Å²) in [5, 5.41) is 2.59. The van der Waals surface area contributed by atoms with E-state index in [0.29, 0.717) is 0 Å². The Kier molecular flexibility index (Phi) is 5.03. The molecule has 0 aromatic heterocycles. The van der Waals surface area contributed by atoms with Gasteiger partial charge in [0.2, 0.25) is 5.91 Å². The summed E-state index contributed by atoms with van der Waals surface area (Å²) in [6.07, 6.45) is 0.105. The maximum Gasteiger partial charge on any atom is 0.246 e. The van der Waals surface area contributed by atoms with E-state index in [4.69, 9.17) is 0 Å². The maximum absolute atomic E-state index is 13.3. The normalized spacial score (nSPS) is 12.2. The molecule has 94 valence electrons. The molecule has 5 heteroatoms. The third-order valence-electron chi connectivity index (χ3n) is 2.25. The number of halogens is 2. The van der Waals surface area contributed by atoms with Crippen LogP contribution in [0.5, 0.6) is 0 Å². The summed E-state index contributed by atoms with van der Waals surface area (Å²) in [5.41, 5.74) is -0.0160. The molecule has 1 N–H and O–H groups in total. The van der Waals surface area contributed by atoms with Gasteiger partial charge in [0, 0.05) is 18.7 Å². The van der Waals surface area contributed by atoms with E-state index in [1.807, 2.05) is 0 Å². The standard InChI is InChI=1S/C12H15F2NO2/c1-8(15-12(16)7-17-2)6-9-10(13)4-3-5-11(9)14/h3-5,8H,6-7H2,1-2H3,(H,15,16). The summed E-state index contributed by atoms with van der Waals surface area (Å²) in [4.78, 5) is 11.2. The van der Waals surface area contributed by atoms with Crippen LogP contribution in [-0.4, -0.2) is 25.7 Å². The predicted octanol–water partition coefficient (Wildman–Crippen LogP) is 1.66. The minimum absolute atomic E-state index is 0.0160. The lowest BCUT2D eigenvalue weighted by Crippen LogP contribution is -2.36. The number of nitrogens with one attached hydrogen (secondary N) is 1. The summed E-state index contributed by atoms with van der Waals surface area (Å²) >= 11 is 0. The second-order valence-electron chi connectivity index (χ2n) is 3.81. The van der Waals surface area contributed by atoms with Gasteiger partial charge in [-0.05, 0) is 25.5 Å². The molecule has 0 aliphatic carbocycles. The first-order valence-electron chi connectivity index (χ1n) is 5.25. The topological polar surface area (TPSA) is 38.3 Å². The molecule has 1 aromatic rings. The van der Waals surface area contributed by atoms with Crippen molar-refractivity contribution in [1.82, 2.24) is 5.32 Å². The molecule has 0 aliphatic heterocycles. The molecule has 0 spiro atoms. The van der Waals surface area contributed by atoms with Crippen LogP contribution in [0.2, 0.25) is 0 Å². The molecule has 17 heavy (non-hydrogen) atoms. The van der Waals surface area contributed by atoms with E-state index in [1.165, 1.54) is 25.3 Å². The second-order valence-corrected chi connectivity index (χ2v) is 3.81. The molecule has 0 aliphatic rings. The number of benzene rings is 1. The van der Waals surface area contributed by atoms with Gasteiger partial charge >= 0.3 is 0 Å². The molecular weight excluding hydrogens is 228 g/mol. The molecule has 1 amide bonds. The van der Waals surface area contributed by atoms with Crippen LogP contribution in [0.4, 0.5) is 8.78 Å². The Morgan fingerprint density at radius 3 is 2.53 bits per heavy atom. The summed E-state index contributed by atoms with van der Waals surface area (Å²) in [7, 11) is 1.40. The van der Waals surface area contributed by atoms with Crippen LogP contribution in [-0.2, 0) is 16.0 Å². The zero-order valence-electron chi connectivity index (χ0n) is 9.80. The summed E-state index contributed by atoms with van der Waals surface area (Å²) < 4.78 is 31.3. The van der Waals surface area contributed by atoms with Gasteiger partial charge in [0.15, 0.2) is 0 Å². The smallest absolute Gasteiger partial charge is 0.246 e. The van der Waals surface area contributed by atoms with E-state index in [1.54, 1.807) is 6.92 Å². The number of methoxy groups -OCH3 is 1. The van der Waals surface area contributed by atoms with E-state index in [2.05, 4.69) is 10.1 Å². The average molecular weight is 243 g/mol. The number of carbonyl (C=O) groups excluding carboxylic acids is 1. The molecule has 0 fully saturated rings. The van der Waals surface area contributed by atoms with Crippen LogP contribution in [0.25, 0.3) is 0 Å². The highest BCUT2D eigenvalue weighted by Gasteiger charge is 2.13. The van der Waals surface area contributed by atoms with Gasteiger partial charge in [-0.15, -0.1) is 0 Å². The predicted molar refractivity (Wildman–Crippen MR) is 59.5 cm³/mol. The number of ether oxygens (including phenoxy) is 1. The third kappa shape index (κ3) is 4.11. The number of hydrogen-bond acceptors (Lipinski definition) is 2. The Bertz CT molecular complexity index is 376. The lowest BCUT2D eigenvalue weighted by atomic mass is 10.1. The van der Waals surface area contributed by atoms with Crippen LogP contribution in [0.15, 0.2) is 18.2 Å². The number of rotatable bonds is 5. The van der Waals surface area contributed by atoms with Crippen LogP contribution < -0.4 is 5.32 Å². The Hall–Kier alpha value is -1.49. The minimum Gasteiger partial charge on any atom is -0.375 e. The summed E-state index contributed by atoms with van der Waals surface area (Å²) in [6, 6.07) is 3.34. The number of hydrogen-bond donors (Lipinski definition) is 1. The first-order chi connectivity index (χ1) is 8.04. The van der Waals surface area contributed by atoms with Crippen LogP contribution >= 0.6 is 0 Å². The average Bonchev–Trinajstić information content (AvgIpc) is 2.24. The lowest BCUT2D eigenvalue weighted by molar-refractivity contribution is -0.125. The van der Waals surface area contributed by atoms with Gasteiger partial charge < -0.3 is 10.1 Å². The van der Waals surface area contributed by atoms with Crippen molar-refractivity contribution in [1.29, 1.82) is 0 Å². The molecule has 0 heterocycles. The fraction of sp³-hybridized carbons (Fsp3) is 0.417. The Morgan fingerprint density at radius 2 is 2.00 bits per heavy atom. The SMILES string of the molecule is COCC(=O)NC(C)Cc1c(F)cccc1F. The van der Waals surface area contributed by atoms with E-state index in [-0.39, 0.29) is 30.5 Å². The Balaban J connectivity index is 2.62. The van der Waals surface area contributed by atoms with Crippen molar-refractivity contribution in [3.63, 3.8) is 0 Å². The fourth-order valence-electron chi connectivity index (χ4n) is 1.53. The minimum atomic E-state index is -0.599. The maximum atomic E-state index is 13.3. The largest absolute Gasteiger partial charge is 0.375 e. The third-order valence-corrected chi connectivity index (χ3v) is 2.25.